The van der Waals surface area contributed by atoms with E-state index in [1.807, 2.05) is 38.1 Å². The largest absolute Gasteiger partial charge is 0.345 e. The van der Waals surface area contributed by atoms with Crippen molar-refractivity contribution in [3.8, 4) is 0 Å². The molecule has 3 aromatic carbocycles. The summed E-state index contributed by atoms with van der Waals surface area (Å²) in [5.74, 6) is -1.02. The Labute approximate surface area is 182 Å². The minimum atomic E-state index is -4.05. The molecule has 1 unspecified atom stereocenters. The van der Waals surface area contributed by atoms with Crippen LogP contribution in [0.15, 0.2) is 77.7 Å². The number of hydrogen-bond donors (Lipinski definition) is 1. The molecule has 0 saturated heterocycles. The molecular weight excluding hydrogens is 415 g/mol. The minimum absolute atomic E-state index is 0.0669. The third-order valence-corrected chi connectivity index (χ3v) is 6.91. The molecule has 162 valence electrons. The quantitative estimate of drug-likeness (QED) is 0.572. The Morgan fingerprint density at radius 3 is 2.35 bits per heavy atom. The van der Waals surface area contributed by atoms with Crippen LogP contribution >= 0.6 is 0 Å². The van der Waals surface area contributed by atoms with Gasteiger partial charge in [0.1, 0.15) is 5.82 Å². The smallest absolute Gasteiger partial charge is 0.264 e. The van der Waals surface area contributed by atoms with Crippen molar-refractivity contribution in [2.45, 2.75) is 31.2 Å². The highest BCUT2D eigenvalue weighted by molar-refractivity contribution is 7.92. The zero-order chi connectivity index (χ0) is 22.6. The molecule has 0 aliphatic rings. The van der Waals surface area contributed by atoms with Crippen LogP contribution in [-0.2, 0) is 10.0 Å². The van der Waals surface area contributed by atoms with E-state index in [1.54, 1.807) is 12.1 Å². The van der Waals surface area contributed by atoms with Gasteiger partial charge in [-0.3, -0.25) is 9.10 Å². The molecule has 0 spiro atoms. The van der Waals surface area contributed by atoms with E-state index in [-0.39, 0.29) is 28.1 Å². The van der Waals surface area contributed by atoms with E-state index < -0.39 is 15.8 Å². The summed E-state index contributed by atoms with van der Waals surface area (Å²) in [6.45, 7) is 3.96. The van der Waals surface area contributed by atoms with E-state index in [0.717, 1.165) is 15.4 Å². The standard InChI is InChI=1S/C24H25FN2O3S/c1-4-22(18-14-12-17(2)13-15-18)26-24(28)19-8-7-9-20(16-19)31(29,30)27(3)23-11-6-5-10-21(23)25/h5-16,22H,4H2,1-3H3,(H,26,28). The first-order valence-corrected chi connectivity index (χ1v) is 11.4. The van der Waals surface area contributed by atoms with Crippen molar-refractivity contribution in [2.75, 3.05) is 11.4 Å². The highest BCUT2D eigenvalue weighted by Gasteiger charge is 2.24. The van der Waals surface area contributed by atoms with Crippen LogP contribution in [0.2, 0.25) is 0 Å². The third-order valence-electron chi connectivity index (χ3n) is 5.14. The molecule has 5 nitrogen and oxygen atoms in total. The Morgan fingerprint density at radius 1 is 1.03 bits per heavy atom. The molecule has 3 aromatic rings. The number of halogens is 1. The number of carbonyl (C=O) groups excluding carboxylic acids is 1. The predicted octanol–water partition coefficient (Wildman–Crippen LogP) is 4.84. The van der Waals surface area contributed by atoms with Crippen molar-refractivity contribution in [3.05, 3.63) is 95.3 Å². The molecule has 7 heteroatoms. The molecule has 3 rings (SSSR count). The average Bonchev–Trinajstić information content (AvgIpc) is 2.78. The molecule has 0 saturated carbocycles. The van der Waals surface area contributed by atoms with E-state index in [0.29, 0.717) is 6.42 Å². The topological polar surface area (TPSA) is 66.5 Å². The zero-order valence-electron chi connectivity index (χ0n) is 17.7. The Balaban J connectivity index is 1.85. The molecule has 1 N–H and O–H groups in total. The number of carbonyl (C=O) groups is 1. The van der Waals surface area contributed by atoms with E-state index in [1.165, 1.54) is 43.4 Å². The van der Waals surface area contributed by atoms with Gasteiger partial charge in [0.2, 0.25) is 0 Å². The van der Waals surface area contributed by atoms with Crippen LogP contribution in [0.25, 0.3) is 0 Å². The first-order valence-electron chi connectivity index (χ1n) is 9.95. The second-order valence-electron chi connectivity index (χ2n) is 7.30. The number of sulfonamides is 1. The van der Waals surface area contributed by atoms with Gasteiger partial charge >= 0.3 is 0 Å². The summed E-state index contributed by atoms with van der Waals surface area (Å²) in [5.41, 5.74) is 2.25. The van der Waals surface area contributed by atoms with Gasteiger partial charge in [-0.2, -0.15) is 0 Å². The number of nitrogens with one attached hydrogen (secondary N) is 1. The van der Waals surface area contributed by atoms with Crippen molar-refractivity contribution in [1.29, 1.82) is 0 Å². The van der Waals surface area contributed by atoms with E-state index >= 15 is 0 Å². The maximum Gasteiger partial charge on any atom is 0.264 e. The van der Waals surface area contributed by atoms with Gasteiger partial charge < -0.3 is 5.32 Å². The van der Waals surface area contributed by atoms with Crippen LogP contribution < -0.4 is 9.62 Å². The predicted molar refractivity (Wildman–Crippen MR) is 120 cm³/mol. The van der Waals surface area contributed by atoms with Gasteiger partial charge in [-0.1, -0.05) is 55.0 Å². The Hall–Kier alpha value is -3.19. The lowest BCUT2D eigenvalue weighted by atomic mass is 10.0. The van der Waals surface area contributed by atoms with E-state index in [4.69, 9.17) is 0 Å². The number of aryl methyl sites for hydroxylation is 1. The second kappa shape index (κ2) is 9.31. The number of anilines is 1. The van der Waals surface area contributed by atoms with Crippen LogP contribution in [0.5, 0.6) is 0 Å². The fourth-order valence-corrected chi connectivity index (χ4v) is 4.50. The monoisotopic (exact) mass is 440 g/mol. The number of para-hydroxylation sites is 1. The van der Waals surface area contributed by atoms with Gasteiger partial charge in [0.15, 0.2) is 0 Å². The Kier molecular flexibility index (Phi) is 6.75. The number of benzene rings is 3. The van der Waals surface area contributed by atoms with Crippen molar-refractivity contribution < 1.29 is 17.6 Å². The van der Waals surface area contributed by atoms with Crippen LogP contribution in [0.3, 0.4) is 0 Å². The van der Waals surface area contributed by atoms with Gasteiger partial charge in [0.25, 0.3) is 15.9 Å². The SMILES string of the molecule is CCC(NC(=O)c1cccc(S(=O)(=O)N(C)c2ccccc2F)c1)c1ccc(C)cc1. The number of hydrogen-bond acceptors (Lipinski definition) is 3. The lowest BCUT2D eigenvalue weighted by molar-refractivity contribution is 0.0935. The van der Waals surface area contributed by atoms with E-state index in [2.05, 4.69) is 5.32 Å². The summed E-state index contributed by atoms with van der Waals surface area (Å²) < 4.78 is 41.0. The summed E-state index contributed by atoms with van der Waals surface area (Å²) in [6, 6.07) is 19.1. The van der Waals surface area contributed by atoms with Crippen molar-refractivity contribution in [1.82, 2.24) is 5.32 Å². The number of nitrogens with zero attached hydrogens (tertiary/aromatic N) is 1. The molecular formula is C24H25FN2O3S. The number of rotatable bonds is 7. The van der Waals surface area contributed by atoms with Crippen LogP contribution in [-0.4, -0.2) is 21.4 Å². The second-order valence-corrected chi connectivity index (χ2v) is 9.27. The summed E-state index contributed by atoms with van der Waals surface area (Å²) in [7, 11) is -2.77. The van der Waals surface area contributed by atoms with Crippen LogP contribution in [0.1, 0.15) is 40.9 Å². The third kappa shape index (κ3) is 4.94. The van der Waals surface area contributed by atoms with Crippen molar-refractivity contribution in [2.24, 2.45) is 0 Å². The van der Waals surface area contributed by atoms with Crippen LogP contribution in [0.4, 0.5) is 10.1 Å². The highest BCUT2D eigenvalue weighted by atomic mass is 32.2. The fourth-order valence-electron chi connectivity index (χ4n) is 3.25. The lowest BCUT2D eigenvalue weighted by Gasteiger charge is -2.21. The lowest BCUT2D eigenvalue weighted by Crippen LogP contribution is -2.29. The Morgan fingerprint density at radius 2 is 1.71 bits per heavy atom. The molecule has 0 bridgehead atoms. The molecule has 0 aromatic heterocycles. The molecule has 0 aliphatic heterocycles. The minimum Gasteiger partial charge on any atom is -0.345 e. The first kappa shape index (κ1) is 22.5. The van der Waals surface area contributed by atoms with Crippen molar-refractivity contribution in [3.63, 3.8) is 0 Å². The van der Waals surface area contributed by atoms with Gasteiger partial charge in [-0.05, 0) is 49.2 Å². The summed E-state index contributed by atoms with van der Waals surface area (Å²) in [4.78, 5) is 12.8. The molecule has 0 radical (unpaired) electrons. The number of amides is 1. The molecule has 0 fully saturated rings. The molecule has 1 amide bonds. The van der Waals surface area contributed by atoms with Crippen molar-refractivity contribution >= 4 is 21.6 Å². The highest BCUT2D eigenvalue weighted by Crippen LogP contribution is 2.25. The summed E-state index contributed by atoms with van der Waals surface area (Å²) >= 11 is 0. The normalized spacial score (nSPS) is 12.3. The van der Waals surface area contributed by atoms with Crippen LogP contribution in [0, 0.1) is 12.7 Å². The average molecular weight is 441 g/mol. The maximum absolute atomic E-state index is 14.1. The summed E-state index contributed by atoms with van der Waals surface area (Å²) in [6.07, 6.45) is 0.683. The van der Waals surface area contributed by atoms with Gasteiger partial charge in [-0.15, -0.1) is 0 Å². The van der Waals surface area contributed by atoms with Gasteiger partial charge in [-0.25, -0.2) is 12.8 Å². The zero-order valence-corrected chi connectivity index (χ0v) is 18.5. The molecule has 31 heavy (non-hydrogen) atoms. The van der Waals surface area contributed by atoms with Gasteiger partial charge in [0, 0.05) is 12.6 Å². The molecule has 1 atom stereocenters. The fraction of sp³-hybridized carbons (Fsp3) is 0.208. The maximum atomic E-state index is 14.1. The molecule has 0 aliphatic carbocycles. The van der Waals surface area contributed by atoms with Gasteiger partial charge in [0.05, 0.1) is 16.6 Å². The summed E-state index contributed by atoms with van der Waals surface area (Å²) in [5, 5.41) is 2.96. The Bertz CT molecular complexity index is 1180. The molecule has 0 heterocycles. The first-order chi connectivity index (χ1) is 14.7. The van der Waals surface area contributed by atoms with E-state index in [9.17, 15) is 17.6 Å².